The summed E-state index contributed by atoms with van der Waals surface area (Å²) in [6.45, 7) is 3.84. The van der Waals surface area contributed by atoms with Gasteiger partial charge in [0, 0.05) is 58.9 Å². The molecule has 2 rings (SSSR count). The Labute approximate surface area is 154 Å². The molecule has 2 amide bonds. The summed E-state index contributed by atoms with van der Waals surface area (Å²) in [4.78, 5) is 25.1. The smallest absolute Gasteiger partial charge is 0.251 e. The molecule has 1 aromatic rings. The number of hydrogen-bond acceptors (Lipinski definition) is 5. The molecule has 1 fully saturated rings. The number of benzene rings is 1. The van der Waals surface area contributed by atoms with Gasteiger partial charge in [0.1, 0.15) is 0 Å². The van der Waals surface area contributed by atoms with Crippen molar-refractivity contribution in [1.29, 1.82) is 0 Å². The summed E-state index contributed by atoms with van der Waals surface area (Å²) in [5.41, 5.74) is 0.405. The molecule has 0 radical (unpaired) electrons. The Morgan fingerprint density at radius 1 is 1.12 bits per heavy atom. The highest BCUT2D eigenvalue weighted by molar-refractivity contribution is 7.89. The average molecular weight is 383 g/mol. The molecule has 0 unspecified atom stereocenters. The molecule has 1 aromatic carbocycles. The fourth-order valence-electron chi connectivity index (χ4n) is 2.69. The van der Waals surface area contributed by atoms with Gasteiger partial charge < -0.3 is 15.0 Å². The Balaban J connectivity index is 1.98. The second-order valence-corrected chi connectivity index (χ2v) is 7.97. The zero-order chi connectivity index (χ0) is 19.2. The Morgan fingerprint density at radius 2 is 1.73 bits per heavy atom. The minimum Gasteiger partial charge on any atom is -0.385 e. The van der Waals surface area contributed by atoms with E-state index >= 15 is 0 Å². The number of nitrogens with one attached hydrogen (secondary N) is 1. The van der Waals surface area contributed by atoms with Gasteiger partial charge in [-0.1, -0.05) is 0 Å². The van der Waals surface area contributed by atoms with Crippen LogP contribution in [-0.4, -0.2) is 75.9 Å². The van der Waals surface area contributed by atoms with Crippen LogP contribution in [-0.2, 0) is 19.6 Å². The van der Waals surface area contributed by atoms with E-state index in [0.29, 0.717) is 38.2 Å². The number of ether oxygens (including phenoxy) is 1. The van der Waals surface area contributed by atoms with E-state index in [0.717, 1.165) is 0 Å². The van der Waals surface area contributed by atoms with Crippen molar-refractivity contribution in [2.45, 2.75) is 18.2 Å². The van der Waals surface area contributed by atoms with Crippen LogP contribution in [0.2, 0.25) is 0 Å². The summed E-state index contributed by atoms with van der Waals surface area (Å²) in [7, 11) is -2.03. The zero-order valence-corrected chi connectivity index (χ0v) is 15.9. The molecule has 0 aliphatic carbocycles. The maximum atomic E-state index is 12.7. The predicted octanol–water partition coefficient (Wildman–Crippen LogP) is 0.306. The van der Waals surface area contributed by atoms with E-state index in [4.69, 9.17) is 4.74 Å². The van der Waals surface area contributed by atoms with Crippen LogP contribution in [0.3, 0.4) is 0 Å². The summed E-state index contributed by atoms with van der Waals surface area (Å²) >= 11 is 0. The molecule has 0 atom stereocenters. The van der Waals surface area contributed by atoms with Crippen molar-refractivity contribution in [2.24, 2.45) is 0 Å². The van der Waals surface area contributed by atoms with Crippen LogP contribution in [0.4, 0.5) is 0 Å². The molecular formula is C17H25N3O5S. The third-order valence-electron chi connectivity index (χ3n) is 4.25. The lowest BCUT2D eigenvalue weighted by Crippen LogP contribution is -2.49. The molecule has 0 bridgehead atoms. The van der Waals surface area contributed by atoms with Gasteiger partial charge in [-0.25, -0.2) is 8.42 Å². The Bertz CT molecular complexity index is 725. The van der Waals surface area contributed by atoms with Crippen LogP contribution in [0.15, 0.2) is 29.2 Å². The number of carbonyl (C=O) groups excluding carboxylic acids is 2. The van der Waals surface area contributed by atoms with Crippen molar-refractivity contribution in [3.63, 3.8) is 0 Å². The van der Waals surface area contributed by atoms with E-state index in [1.165, 1.54) is 35.5 Å². The van der Waals surface area contributed by atoms with Crippen molar-refractivity contribution < 1.29 is 22.7 Å². The SMILES string of the molecule is COCCCNC(=O)c1ccc(S(=O)(=O)N2CCN(C(C)=O)CC2)cc1. The molecular weight excluding hydrogens is 358 g/mol. The van der Waals surface area contributed by atoms with Gasteiger partial charge in [-0.05, 0) is 30.7 Å². The van der Waals surface area contributed by atoms with Crippen LogP contribution in [0.5, 0.6) is 0 Å². The number of piperazine rings is 1. The topological polar surface area (TPSA) is 96.0 Å². The number of carbonyl (C=O) groups is 2. The van der Waals surface area contributed by atoms with Gasteiger partial charge >= 0.3 is 0 Å². The van der Waals surface area contributed by atoms with Gasteiger partial charge in [0.05, 0.1) is 4.90 Å². The molecule has 9 heteroatoms. The van der Waals surface area contributed by atoms with Gasteiger partial charge in [0.2, 0.25) is 15.9 Å². The highest BCUT2D eigenvalue weighted by atomic mass is 32.2. The highest BCUT2D eigenvalue weighted by Gasteiger charge is 2.29. The van der Waals surface area contributed by atoms with Crippen molar-refractivity contribution in [2.75, 3.05) is 46.4 Å². The quantitative estimate of drug-likeness (QED) is 0.684. The second-order valence-electron chi connectivity index (χ2n) is 6.04. The minimum absolute atomic E-state index is 0.0529. The van der Waals surface area contributed by atoms with Crippen molar-refractivity contribution in [3.05, 3.63) is 29.8 Å². The molecule has 1 heterocycles. The van der Waals surface area contributed by atoms with Gasteiger partial charge in [-0.3, -0.25) is 9.59 Å². The monoisotopic (exact) mass is 383 g/mol. The van der Waals surface area contributed by atoms with Crippen molar-refractivity contribution >= 4 is 21.8 Å². The first-order chi connectivity index (χ1) is 12.4. The normalized spacial score (nSPS) is 15.7. The van der Waals surface area contributed by atoms with Crippen LogP contribution >= 0.6 is 0 Å². The third kappa shape index (κ3) is 5.03. The number of hydrogen-bond donors (Lipinski definition) is 1. The minimum atomic E-state index is -3.63. The lowest BCUT2D eigenvalue weighted by atomic mass is 10.2. The number of sulfonamides is 1. The predicted molar refractivity (Wildman–Crippen MR) is 96.3 cm³/mol. The zero-order valence-electron chi connectivity index (χ0n) is 15.1. The number of nitrogens with zero attached hydrogens (tertiary/aromatic N) is 2. The Kier molecular flexibility index (Phi) is 7.13. The van der Waals surface area contributed by atoms with Crippen molar-refractivity contribution in [1.82, 2.24) is 14.5 Å². The van der Waals surface area contributed by atoms with Crippen LogP contribution in [0.25, 0.3) is 0 Å². The maximum Gasteiger partial charge on any atom is 0.251 e. The van der Waals surface area contributed by atoms with Crippen LogP contribution < -0.4 is 5.32 Å². The lowest BCUT2D eigenvalue weighted by molar-refractivity contribution is -0.129. The molecule has 0 spiro atoms. The summed E-state index contributed by atoms with van der Waals surface area (Å²) in [6.07, 6.45) is 0.709. The lowest BCUT2D eigenvalue weighted by Gasteiger charge is -2.33. The van der Waals surface area contributed by atoms with E-state index in [-0.39, 0.29) is 29.8 Å². The Hall–Kier alpha value is -1.97. The summed E-state index contributed by atoms with van der Waals surface area (Å²) in [5, 5.41) is 2.75. The molecule has 1 saturated heterocycles. The first kappa shape index (κ1) is 20.3. The number of rotatable bonds is 7. The van der Waals surface area contributed by atoms with E-state index in [1.807, 2.05) is 0 Å². The second kappa shape index (κ2) is 9.11. The van der Waals surface area contributed by atoms with E-state index in [9.17, 15) is 18.0 Å². The number of amides is 2. The molecule has 0 saturated carbocycles. The van der Waals surface area contributed by atoms with Crippen LogP contribution in [0.1, 0.15) is 23.7 Å². The van der Waals surface area contributed by atoms with Crippen molar-refractivity contribution in [3.8, 4) is 0 Å². The maximum absolute atomic E-state index is 12.7. The van der Waals surface area contributed by atoms with Gasteiger partial charge in [0.25, 0.3) is 5.91 Å². The summed E-state index contributed by atoms with van der Waals surface area (Å²) in [5.74, 6) is -0.303. The highest BCUT2D eigenvalue weighted by Crippen LogP contribution is 2.18. The molecule has 1 aliphatic rings. The van der Waals surface area contributed by atoms with Gasteiger partial charge in [-0.2, -0.15) is 4.31 Å². The van der Waals surface area contributed by atoms with E-state index in [2.05, 4.69) is 5.32 Å². The molecule has 144 valence electrons. The summed E-state index contributed by atoms with van der Waals surface area (Å²) in [6, 6.07) is 5.89. The standard InChI is InChI=1S/C17H25N3O5S/c1-14(21)19-9-11-20(12-10-19)26(23,24)16-6-4-15(5-7-16)17(22)18-8-3-13-25-2/h4-7H,3,8-13H2,1-2H3,(H,18,22). The summed E-state index contributed by atoms with van der Waals surface area (Å²) < 4.78 is 31.7. The largest absolute Gasteiger partial charge is 0.385 e. The molecule has 0 aromatic heterocycles. The van der Waals surface area contributed by atoms with Gasteiger partial charge in [-0.15, -0.1) is 0 Å². The number of methoxy groups -OCH3 is 1. The van der Waals surface area contributed by atoms with Gasteiger partial charge in [0.15, 0.2) is 0 Å². The Morgan fingerprint density at radius 3 is 2.27 bits per heavy atom. The molecule has 26 heavy (non-hydrogen) atoms. The first-order valence-electron chi connectivity index (χ1n) is 8.49. The van der Waals surface area contributed by atoms with Crippen LogP contribution in [0, 0.1) is 0 Å². The molecule has 1 aliphatic heterocycles. The fourth-order valence-corrected chi connectivity index (χ4v) is 4.11. The van der Waals surface area contributed by atoms with E-state index in [1.54, 1.807) is 12.0 Å². The van der Waals surface area contributed by atoms with E-state index < -0.39 is 10.0 Å². The third-order valence-corrected chi connectivity index (χ3v) is 6.16. The molecule has 8 nitrogen and oxygen atoms in total. The fraction of sp³-hybridized carbons (Fsp3) is 0.529. The average Bonchev–Trinajstić information content (AvgIpc) is 2.65. The molecule has 1 N–H and O–H groups in total. The first-order valence-corrected chi connectivity index (χ1v) is 9.93.